The largest absolute Gasteiger partial charge is 0.375 e. The molecule has 0 saturated carbocycles. The Labute approximate surface area is 145 Å². The quantitative estimate of drug-likeness (QED) is 0.914. The zero-order valence-corrected chi connectivity index (χ0v) is 14.9. The van der Waals surface area contributed by atoms with Crippen molar-refractivity contribution in [1.29, 1.82) is 0 Å². The normalized spacial score (nSPS) is 19.9. The Morgan fingerprint density at radius 1 is 1.46 bits per heavy atom. The molecule has 1 amide bonds. The molecule has 128 valence electrons. The third kappa shape index (κ3) is 3.82. The van der Waals surface area contributed by atoms with E-state index in [1.807, 2.05) is 20.8 Å². The molecule has 4 nitrogen and oxygen atoms in total. The third-order valence-electron chi connectivity index (χ3n) is 4.07. The van der Waals surface area contributed by atoms with Crippen molar-refractivity contribution >= 4 is 17.2 Å². The minimum atomic E-state index is -0.323. The molecular weight excluding hydrogens is 327 g/mol. The molecule has 0 radical (unpaired) electrons. The highest BCUT2D eigenvalue weighted by Gasteiger charge is 2.30. The molecule has 1 fully saturated rings. The Balaban J connectivity index is 1.83. The van der Waals surface area contributed by atoms with Gasteiger partial charge in [0.15, 0.2) is 0 Å². The van der Waals surface area contributed by atoms with Crippen molar-refractivity contribution in [2.45, 2.75) is 45.3 Å². The standard InChI is InChI=1S/C18H21FN2O2S/c1-11-20-15(16(24-11)12-5-4-6-13(19)9-12)17(22)21-14-7-8-23-18(2,3)10-14/h4-6,9,14H,7-8,10H2,1-3H3,(H,21,22). The molecule has 3 rings (SSSR count). The summed E-state index contributed by atoms with van der Waals surface area (Å²) < 4.78 is 19.2. The van der Waals surface area contributed by atoms with Gasteiger partial charge in [-0.15, -0.1) is 11.3 Å². The fourth-order valence-electron chi connectivity index (χ4n) is 3.02. The molecule has 1 aliphatic rings. The molecule has 1 saturated heterocycles. The van der Waals surface area contributed by atoms with Gasteiger partial charge >= 0.3 is 0 Å². The molecule has 2 heterocycles. The van der Waals surface area contributed by atoms with Crippen molar-refractivity contribution < 1.29 is 13.9 Å². The highest BCUT2D eigenvalue weighted by molar-refractivity contribution is 7.15. The summed E-state index contributed by atoms with van der Waals surface area (Å²) in [6, 6.07) is 6.32. The monoisotopic (exact) mass is 348 g/mol. The van der Waals surface area contributed by atoms with Crippen molar-refractivity contribution in [3.05, 3.63) is 40.8 Å². The van der Waals surface area contributed by atoms with Crippen LogP contribution in [0.15, 0.2) is 24.3 Å². The van der Waals surface area contributed by atoms with E-state index in [4.69, 9.17) is 4.74 Å². The number of halogens is 1. The minimum Gasteiger partial charge on any atom is -0.375 e. The highest BCUT2D eigenvalue weighted by atomic mass is 32.1. The van der Waals surface area contributed by atoms with Crippen LogP contribution in [0.2, 0.25) is 0 Å². The maximum atomic E-state index is 13.5. The number of ether oxygens (including phenoxy) is 1. The zero-order valence-electron chi connectivity index (χ0n) is 14.1. The Kier molecular flexibility index (Phi) is 4.69. The Bertz CT molecular complexity index is 757. The zero-order chi connectivity index (χ0) is 17.3. The van der Waals surface area contributed by atoms with E-state index in [2.05, 4.69) is 10.3 Å². The SMILES string of the molecule is Cc1nc(C(=O)NC2CCOC(C)(C)C2)c(-c2cccc(F)c2)s1. The maximum Gasteiger partial charge on any atom is 0.271 e. The van der Waals surface area contributed by atoms with Gasteiger partial charge in [-0.05, 0) is 51.3 Å². The number of nitrogens with zero attached hydrogens (tertiary/aromatic N) is 1. The van der Waals surface area contributed by atoms with Crippen LogP contribution in [0.3, 0.4) is 0 Å². The third-order valence-corrected chi connectivity index (χ3v) is 5.09. The van der Waals surface area contributed by atoms with Crippen LogP contribution in [0, 0.1) is 12.7 Å². The summed E-state index contributed by atoms with van der Waals surface area (Å²) >= 11 is 1.40. The Hall–Kier alpha value is -1.79. The van der Waals surface area contributed by atoms with E-state index >= 15 is 0 Å². The summed E-state index contributed by atoms with van der Waals surface area (Å²) in [5.41, 5.74) is 0.810. The van der Waals surface area contributed by atoms with Crippen molar-refractivity contribution in [3.63, 3.8) is 0 Å². The first kappa shape index (κ1) is 17.0. The lowest BCUT2D eigenvalue weighted by Crippen LogP contribution is -2.46. The first-order chi connectivity index (χ1) is 11.3. The number of aryl methyl sites for hydroxylation is 1. The van der Waals surface area contributed by atoms with Gasteiger partial charge in [0, 0.05) is 12.6 Å². The number of thiazole rings is 1. The van der Waals surface area contributed by atoms with E-state index < -0.39 is 0 Å². The number of hydrogen-bond donors (Lipinski definition) is 1. The average molecular weight is 348 g/mol. The van der Waals surface area contributed by atoms with Gasteiger partial charge in [-0.2, -0.15) is 0 Å². The summed E-state index contributed by atoms with van der Waals surface area (Å²) in [5, 5.41) is 3.84. The van der Waals surface area contributed by atoms with Crippen LogP contribution in [-0.4, -0.2) is 29.1 Å². The molecule has 0 aliphatic carbocycles. The fourth-order valence-corrected chi connectivity index (χ4v) is 3.93. The molecule has 1 aliphatic heterocycles. The number of aromatic nitrogens is 1. The maximum absolute atomic E-state index is 13.5. The first-order valence-electron chi connectivity index (χ1n) is 8.02. The van der Waals surface area contributed by atoms with Crippen molar-refractivity contribution in [3.8, 4) is 10.4 Å². The summed E-state index contributed by atoms with van der Waals surface area (Å²) in [4.78, 5) is 17.8. The predicted octanol–water partition coefficient (Wildman–Crippen LogP) is 3.95. The number of nitrogens with one attached hydrogen (secondary N) is 1. The molecule has 2 aromatic rings. The summed E-state index contributed by atoms with van der Waals surface area (Å²) in [7, 11) is 0. The molecule has 24 heavy (non-hydrogen) atoms. The summed E-state index contributed by atoms with van der Waals surface area (Å²) in [6.45, 7) is 6.53. The molecule has 6 heteroatoms. The Morgan fingerprint density at radius 3 is 2.96 bits per heavy atom. The van der Waals surface area contributed by atoms with Gasteiger partial charge in [-0.3, -0.25) is 4.79 Å². The topological polar surface area (TPSA) is 51.2 Å². The lowest BCUT2D eigenvalue weighted by molar-refractivity contribution is -0.0615. The lowest BCUT2D eigenvalue weighted by Gasteiger charge is -2.35. The van der Waals surface area contributed by atoms with Crippen LogP contribution in [0.5, 0.6) is 0 Å². The number of amides is 1. The van der Waals surface area contributed by atoms with Crippen LogP contribution in [0.25, 0.3) is 10.4 Å². The van der Waals surface area contributed by atoms with E-state index in [1.54, 1.807) is 12.1 Å². The van der Waals surface area contributed by atoms with E-state index in [0.717, 1.165) is 17.8 Å². The Morgan fingerprint density at radius 2 is 2.25 bits per heavy atom. The molecule has 0 spiro atoms. The number of carbonyl (C=O) groups excluding carboxylic acids is 1. The number of benzene rings is 1. The lowest BCUT2D eigenvalue weighted by atomic mass is 9.94. The molecule has 0 bridgehead atoms. The molecule has 1 atom stereocenters. The van der Waals surface area contributed by atoms with Gasteiger partial charge < -0.3 is 10.1 Å². The van der Waals surface area contributed by atoms with Crippen LogP contribution < -0.4 is 5.32 Å². The molecule has 1 N–H and O–H groups in total. The van der Waals surface area contributed by atoms with E-state index in [1.165, 1.54) is 23.5 Å². The first-order valence-corrected chi connectivity index (χ1v) is 8.84. The number of hydrogen-bond acceptors (Lipinski definition) is 4. The van der Waals surface area contributed by atoms with Crippen LogP contribution in [0.4, 0.5) is 4.39 Å². The van der Waals surface area contributed by atoms with Crippen LogP contribution >= 0.6 is 11.3 Å². The molecule has 1 aromatic heterocycles. The smallest absolute Gasteiger partial charge is 0.271 e. The number of rotatable bonds is 3. The fraction of sp³-hybridized carbons (Fsp3) is 0.444. The van der Waals surface area contributed by atoms with Gasteiger partial charge in [-0.25, -0.2) is 9.37 Å². The van der Waals surface area contributed by atoms with E-state index in [-0.39, 0.29) is 23.4 Å². The van der Waals surface area contributed by atoms with Gasteiger partial charge in [-0.1, -0.05) is 12.1 Å². The second-order valence-electron chi connectivity index (χ2n) is 6.69. The van der Waals surface area contributed by atoms with Gasteiger partial charge in [0.05, 0.1) is 15.5 Å². The molecular formula is C18H21FN2O2S. The second-order valence-corrected chi connectivity index (χ2v) is 7.90. The number of carbonyl (C=O) groups is 1. The molecule has 1 aromatic carbocycles. The highest BCUT2D eigenvalue weighted by Crippen LogP contribution is 2.31. The summed E-state index contributed by atoms with van der Waals surface area (Å²) in [6.07, 6.45) is 1.55. The average Bonchev–Trinajstić information content (AvgIpc) is 2.88. The van der Waals surface area contributed by atoms with Gasteiger partial charge in [0.1, 0.15) is 11.5 Å². The van der Waals surface area contributed by atoms with Gasteiger partial charge in [0.25, 0.3) is 5.91 Å². The van der Waals surface area contributed by atoms with E-state index in [0.29, 0.717) is 22.7 Å². The van der Waals surface area contributed by atoms with Crippen molar-refractivity contribution in [1.82, 2.24) is 10.3 Å². The van der Waals surface area contributed by atoms with Crippen molar-refractivity contribution in [2.24, 2.45) is 0 Å². The van der Waals surface area contributed by atoms with Gasteiger partial charge in [0.2, 0.25) is 0 Å². The van der Waals surface area contributed by atoms with Crippen molar-refractivity contribution in [2.75, 3.05) is 6.61 Å². The minimum absolute atomic E-state index is 0.0589. The summed E-state index contributed by atoms with van der Waals surface area (Å²) in [5.74, 6) is -0.530. The second kappa shape index (κ2) is 6.61. The van der Waals surface area contributed by atoms with Crippen LogP contribution in [0.1, 0.15) is 42.2 Å². The predicted molar refractivity (Wildman–Crippen MR) is 92.8 cm³/mol. The van der Waals surface area contributed by atoms with Crippen LogP contribution in [-0.2, 0) is 4.74 Å². The van der Waals surface area contributed by atoms with E-state index in [9.17, 15) is 9.18 Å². The molecule has 1 unspecified atom stereocenters.